The molecule has 0 saturated heterocycles. The summed E-state index contributed by atoms with van der Waals surface area (Å²) in [5.41, 5.74) is 5.22. The van der Waals surface area contributed by atoms with Gasteiger partial charge >= 0.3 is 0 Å². The topological polar surface area (TPSA) is 46.5 Å². The van der Waals surface area contributed by atoms with E-state index >= 15 is 0 Å². The smallest absolute Gasteiger partial charge is 0.178 e. The molecule has 19 heavy (non-hydrogen) atoms. The number of H-pyrrole nitrogens is 1. The van der Waals surface area contributed by atoms with Crippen LogP contribution in [0.3, 0.4) is 0 Å². The lowest BCUT2D eigenvalue weighted by Gasteiger charge is -2.06. The lowest BCUT2D eigenvalue weighted by atomic mass is 10.2. The number of nitrogens with one attached hydrogen (secondary N) is 1. The first-order valence-corrected chi connectivity index (χ1v) is 6.51. The van der Waals surface area contributed by atoms with E-state index in [2.05, 4.69) is 32.5 Å². The summed E-state index contributed by atoms with van der Waals surface area (Å²) in [4.78, 5) is 11.9. The van der Waals surface area contributed by atoms with E-state index in [1.807, 2.05) is 19.1 Å². The molecule has 0 amide bonds. The summed E-state index contributed by atoms with van der Waals surface area (Å²) in [6.45, 7) is 4.65. The van der Waals surface area contributed by atoms with E-state index in [1.54, 1.807) is 12.4 Å². The maximum Gasteiger partial charge on any atom is 0.178 e. The van der Waals surface area contributed by atoms with Gasteiger partial charge in [-0.2, -0.15) is 0 Å². The predicted molar refractivity (Wildman–Crippen MR) is 77.7 cm³/mol. The van der Waals surface area contributed by atoms with E-state index in [1.165, 1.54) is 5.56 Å². The van der Waals surface area contributed by atoms with Crippen molar-refractivity contribution in [1.29, 1.82) is 0 Å². The molecule has 2 aromatic heterocycles. The largest absolute Gasteiger partial charge is 0.331 e. The van der Waals surface area contributed by atoms with Gasteiger partial charge in [-0.1, -0.05) is 12.1 Å². The fraction of sp³-hybridized carbons (Fsp3) is 0.214. The molecule has 0 aliphatic carbocycles. The zero-order valence-electron chi connectivity index (χ0n) is 10.8. The van der Waals surface area contributed by atoms with Crippen molar-refractivity contribution in [2.45, 2.75) is 20.4 Å². The number of benzene rings is 1. The SMILES string of the molecule is Cc1cnc(Cn2c(=S)[nH]c3cccc(C)c32)cn1. The molecule has 3 rings (SSSR count). The van der Waals surface area contributed by atoms with Crippen molar-refractivity contribution in [3.63, 3.8) is 0 Å². The molecule has 0 spiro atoms. The van der Waals surface area contributed by atoms with E-state index in [9.17, 15) is 0 Å². The van der Waals surface area contributed by atoms with Crippen LogP contribution in [0, 0.1) is 18.6 Å². The summed E-state index contributed by atoms with van der Waals surface area (Å²) in [6.07, 6.45) is 3.58. The molecule has 3 aromatic rings. The Hall–Kier alpha value is -2.01. The molecule has 0 atom stereocenters. The third kappa shape index (κ3) is 2.17. The van der Waals surface area contributed by atoms with Crippen molar-refractivity contribution in [2.75, 3.05) is 0 Å². The maximum atomic E-state index is 5.40. The number of hydrogen-bond donors (Lipinski definition) is 1. The van der Waals surface area contributed by atoms with Crippen molar-refractivity contribution < 1.29 is 0 Å². The minimum atomic E-state index is 0.636. The second-order valence-corrected chi connectivity index (χ2v) is 5.02. The number of nitrogens with zero attached hydrogens (tertiary/aromatic N) is 3. The molecule has 1 aromatic carbocycles. The molecule has 0 unspecified atom stereocenters. The van der Waals surface area contributed by atoms with Gasteiger partial charge in [-0.3, -0.25) is 9.97 Å². The van der Waals surface area contributed by atoms with Crippen LogP contribution in [0.4, 0.5) is 0 Å². The molecule has 0 saturated carbocycles. The van der Waals surface area contributed by atoms with Gasteiger partial charge in [0.1, 0.15) is 0 Å². The molecule has 0 radical (unpaired) electrons. The van der Waals surface area contributed by atoms with Gasteiger partial charge in [0, 0.05) is 6.20 Å². The van der Waals surface area contributed by atoms with Crippen LogP contribution >= 0.6 is 12.2 Å². The van der Waals surface area contributed by atoms with Gasteiger partial charge in [0.2, 0.25) is 0 Å². The number of rotatable bonds is 2. The van der Waals surface area contributed by atoms with Crippen molar-refractivity contribution in [3.05, 3.63) is 52.3 Å². The minimum absolute atomic E-state index is 0.636. The molecular formula is C14H14N4S. The van der Waals surface area contributed by atoms with Gasteiger partial charge in [0.05, 0.1) is 35.2 Å². The second-order valence-electron chi connectivity index (χ2n) is 4.64. The Bertz CT molecular complexity index is 783. The van der Waals surface area contributed by atoms with Gasteiger partial charge in [-0.05, 0) is 37.7 Å². The minimum Gasteiger partial charge on any atom is -0.331 e. The normalized spacial score (nSPS) is 11.1. The van der Waals surface area contributed by atoms with Crippen molar-refractivity contribution >= 4 is 23.3 Å². The van der Waals surface area contributed by atoms with Gasteiger partial charge < -0.3 is 9.55 Å². The lowest BCUT2D eigenvalue weighted by Crippen LogP contribution is -2.03. The molecule has 4 nitrogen and oxygen atoms in total. The molecule has 0 aliphatic rings. The molecule has 0 bridgehead atoms. The summed E-state index contributed by atoms with van der Waals surface area (Å²) < 4.78 is 2.78. The van der Waals surface area contributed by atoms with Crippen molar-refractivity contribution in [2.24, 2.45) is 0 Å². The van der Waals surface area contributed by atoms with Gasteiger partial charge in [-0.25, -0.2) is 0 Å². The fourth-order valence-electron chi connectivity index (χ4n) is 2.22. The summed E-state index contributed by atoms with van der Waals surface area (Å²) in [6, 6.07) is 6.15. The molecule has 0 fully saturated rings. The average Bonchev–Trinajstić information content (AvgIpc) is 2.70. The first-order valence-electron chi connectivity index (χ1n) is 6.11. The number of aromatic nitrogens is 4. The van der Waals surface area contributed by atoms with Crippen LogP contribution < -0.4 is 0 Å². The van der Waals surface area contributed by atoms with Crippen molar-refractivity contribution in [1.82, 2.24) is 19.5 Å². The van der Waals surface area contributed by atoms with Crippen LogP contribution in [0.25, 0.3) is 11.0 Å². The second kappa shape index (κ2) is 4.59. The lowest BCUT2D eigenvalue weighted by molar-refractivity contribution is 0.774. The highest BCUT2D eigenvalue weighted by Crippen LogP contribution is 2.19. The fourth-order valence-corrected chi connectivity index (χ4v) is 2.48. The van der Waals surface area contributed by atoms with E-state index in [4.69, 9.17) is 12.2 Å². The average molecular weight is 270 g/mol. The Morgan fingerprint density at radius 2 is 2.05 bits per heavy atom. The number of aromatic amines is 1. The summed E-state index contributed by atoms with van der Waals surface area (Å²) in [5.74, 6) is 0. The quantitative estimate of drug-likeness (QED) is 0.728. The van der Waals surface area contributed by atoms with Crippen LogP contribution in [-0.2, 0) is 6.54 Å². The van der Waals surface area contributed by atoms with Crippen LogP contribution in [0.15, 0.2) is 30.6 Å². The van der Waals surface area contributed by atoms with E-state index < -0.39 is 0 Å². The number of hydrogen-bond acceptors (Lipinski definition) is 3. The van der Waals surface area contributed by atoms with E-state index in [0.717, 1.165) is 22.4 Å². The highest BCUT2D eigenvalue weighted by Gasteiger charge is 2.08. The van der Waals surface area contributed by atoms with Crippen molar-refractivity contribution in [3.8, 4) is 0 Å². The zero-order valence-corrected chi connectivity index (χ0v) is 11.7. The number of imidazole rings is 1. The van der Waals surface area contributed by atoms with Crippen LogP contribution in [-0.4, -0.2) is 19.5 Å². The maximum absolute atomic E-state index is 5.40. The molecule has 2 heterocycles. The van der Waals surface area contributed by atoms with Gasteiger partial charge in [-0.15, -0.1) is 0 Å². The molecule has 1 N–H and O–H groups in total. The molecule has 0 aliphatic heterocycles. The highest BCUT2D eigenvalue weighted by molar-refractivity contribution is 7.71. The molecule has 96 valence electrons. The Balaban J connectivity index is 2.12. The predicted octanol–water partition coefficient (Wildman–Crippen LogP) is 3.15. The third-order valence-corrected chi connectivity index (χ3v) is 3.47. The summed E-state index contributed by atoms with van der Waals surface area (Å²) in [7, 11) is 0. The van der Waals surface area contributed by atoms with Crippen LogP contribution in [0.5, 0.6) is 0 Å². The monoisotopic (exact) mass is 270 g/mol. The molecule has 5 heteroatoms. The van der Waals surface area contributed by atoms with E-state index in [-0.39, 0.29) is 0 Å². The van der Waals surface area contributed by atoms with Gasteiger partial charge in [0.25, 0.3) is 0 Å². The Morgan fingerprint density at radius 1 is 1.21 bits per heavy atom. The Morgan fingerprint density at radius 3 is 2.79 bits per heavy atom. The van der Waals surface area contributed by atoms with E-state index in [0.29, 0.717) is 11.3 Å². The standard InChI is InChI=1S/C14H14N4S/c1-9-4-3-5-12-13(9)18(14(19)17-12)8-11-7-15-10(2)6-16-11/h3-7H,8H2,1-2H3,(H,17,19). The van der Waals surface area contributed by atoms with Crippen LogP contribution in [0.1, 0.15) is 17.0 Å². The zero-order chi connectivity index (χ0) is 13.4. The third-order valence-electron chi connectivity index (χ3n) is 3.15. The number of para-hydroxylation sites is 1. The number of aryl methyl sites for hydroxylation is 2. The molecular weight excluding hydrogens is 256 g/mol. The van der Waals surface area contributed by atoms with Gasteiger partial charge in [0.15, 0.2) is 4.77 Å². The van der Waals surface area contributed by atoms with Crippen LogP contribution in [0.2, 0.25) is 0 Å². The first-order chi connectivity index (χ1) is 9.15. The number of fused-ring (bicyclic) bond motifs is 1. The summed E-state index contributed by atoms with van der Waals surface area (Å²) >= 11 is 5.40. The first kappa shape index (κ1) is 12.0. The summed E-state index contributed by atoms with van der Waals surface area (Å²) in [5, 5.41) is 0. The Labute approximate surface area is 116 Å². The Kier molecular flexibility index (Phi) is 2.91. The highest BCUT2D eigenvalue weighted by atomic mass is 32.1.